The van der Waals surface area contributed by atoms with Crippen LogP contribution in [0.3, 0.4) is 0 Å². The Labute approximate surface area is 97.1 Å². The van der Waals surface area contributed by atoms with Gasteiger partial charge in [-0.15, -0.1) is 11.3 Å². The van der Waals surface area contributed by atoms with Crippen molar-refractivity contribution >= 4 is 22.9 Å². The number of hydrogen-bond acceptors (Lipinski definition) is 3. The average molecular weight is 230 g/mol. The van der Waals surface area contributed by atoms with Crippen LogP contribution in [0.2, 0.25) is 0 Å². The lowest BCUT2D eigenvalue weighted by Crippen LogP contribution is -2.14. The maximum Gasteiger partial charge on any atom is 0.232 e. The van der Waals surface area contributed by atoms with Gasteiger partial charge in [-0.2, -0.15) is 0 Å². The molecule has 1 aliphatic heterocycles. The van der Waals surface area contributed by atoms with Crippen LogP contribution in [0.1, 0.15) is 16.5 Å². The highest BCUT2D eigenvalue weighted by atomic mass is 32.1. The topological polar surface area (TPSA) is 42.0 Å². The van der Waals surface area contributed by atoms with Crippen molar-refractivity contribution in [3.8, 4) is 0 Å². The summed E-state index contributed by atoms with van der Waals surface area (Å²) in [6.07, 6.45) is 2.47. The summed E-state index contributed by atoms with van der Waals surface area (Å²) in [7, 11) is 0. The highest BCUT2D eigenvalue weighted by Crippen LogP contribution is 2.34. The molecule has 0 saturated carbocycles. The summed E-state index contributed by atoms with van der Waals surface area (Å²) in [5.41, 5.74) is 2.02. The summed E-state index contributed by atoms with van der Waals surface area (Å²) < 4.78 is 0. The lowest BCUT2D eigenvalue weighted by molar-refractivity contribution is -0.117. The largest absolute Gasteiger partial charge is 0.325 e. The molecule has 0 radical (unpaired) electrons. The highest BCUT2D eigenvalue weighted by Gasteiger charge is 2.30. The van der Waals surface area contributed by atoms with Gasteiger partial charge in [0.25, 0.3) is 0 Å². The second kappa shape index (κ2) is 3.72. The van der Waals surface area contributed by atoms with Crippen LogP contribution >= 0.6 is 11.3 Å². The number of carbonyl (C=O) groups is 1. The van der Waals surface area contributed by atoms with Gasteiger partial charge in [-0.25, -0.2) is 4.98 Å². The predicted octanol–water partition coefficient (Wildman–Crippen LogP) is 2.42. The zero-order valence-corrected chi connectivity index (χ0v) is 9.33. The minimum absolute atomic E-state index is 0.0800. The molecule has 1 N–H and O–H groups in total. The second-order valence-corrected chi connectivity index (χ2v) is 4.74. The normalized spacial score (nSPS) is 18.2. The Kier molecular flexibility index (Phi) is 2.22. The first-order valence-corrected chi connectivity index (χ1v) is 6.01. The fourth-order valence-corrected chi connectivity index (χ4v) is 2.67. The standard InChI is InChI=1S/C12H10N2OS/c15-12-9(7-11-13-5-6-16-11)8-3-1-2-4-10(8)14-12/h1-6,9H,7H2,(H,14,15)/t9-/m0/s1. The third-order valence-corrected chi connectivity index (χ3v) is 3.57. The van der Waals surface area contributed by atoms with Gasteiger partial charge in [0.2, 0.25) is 5.91 Å². The molecule has 3 nitrogen and oxygen atoms in total. The van der Waals surface area contributed by atoms with Gasteiger partial charge in [0.05, 0.1) is 10.9 Å². The highest BCUT2D eigenvalue weighted by molar-refractivity contribution is 7.09. The van der Waals surface area contributed by atoms with E-state index in [0.717, 1.165) is 16.3 Å². The smallest absolute Gasteiger partial charge is 0.232 e. The molecule has 0 fully saturated rings. The number of amides is 1. The molecule has 80 valence electrons. The van der Waals surface area contributed by atoms with Crippen molar-refractivity contribution in [3.05, 3.63) is 46.4 Å². The third-order valence-electron chi connectivity index (χ3n) is 2.77. The van der Waals surface area contributed by atoms with Crippen molar-refractivity contribution in [2.75, 3.05) is 5.32 Å². The number of carbonyl (C=O) groups excluding carboxylic acids is 1. The molecule has 0 spiro atoms. The van der Waals surface area contributed by atoms with Crippen LogP contribution in [-0.4, -0.2) is 10.9 Å². The fraction of sp³-hybridized carbons (Fsp3) is 0.167. The van der Waals surface area contributed by atoms with Gasteiger partial charge in [0, 0.05) is 23.7 Å². The van der Waals surface area contributed by atoms with Gasteiger partial charge in [0.15, 0.2) is 0 Å². The van der Waals surface area contributed by atoms with E-state index in [1.807, 2.05) is 29.6 Å². The second-order valence-electron chi connectivity index (χ2n) is 3.76. The van der Waals surface area contributed by atoms with Crippen molar-refractivity contribution in [1.82, 2.24) is 4.98 Å². The van der Waals surface area contributed by atoms with Gasteiger partial charge < -0.3 is 5.32 Å². The summed E-state index contributed by atoms with van der Waals surface area (Å²) in [4.78, 5) is 16.0. The Hall–Kier alpha value is -1.68. The first-order valence-electron chi connectivity index (χ1n) is 5.13. The molecule has 2 aromatic rings. The van der Waals surface area contributed by atoms with E-state index in [0.29, 0.717) is 6.42 Å². The molecule has 16 heavy (non-hydrogen) atoms. The third kappa shape index (κ3) is 1.51. The first-order chi connectivity index (χ1) is 7.84. The molecule has 0 aliphatic carbocycles. The number of thiazole rings is 1. The number of anilines is 1. The van der Waals surface area contributed by atoms with Gasteiger partial charge in [0.1, 0.15) is 0 Å². The molecule has 1 amide bonds. The van der Waals surface area contributed by atoms with Crippen LogP contribution < -0.4 is 5.32 Å². The SMILES string of the molecule is O=C1Nc2ccccc2[C@@H]1Cc1nccs1. The molecule has 4 heteroatoms. The van der Waals surface area contributed by atoms with Crippen molar-refractivity contribution in [2.24, 2.45) is 0 Å². The number of nitrogens with one attached hydrogen (secondary N) is 1. The van der Waals surface area contributed by atoms with Crippen LogP contribution in [0, 0.1) is 0 Å². The summed E-state index contributed by atoms with van der Waals surface area (Å²) in [6, 6.07) is 7.85. The van der Waals surface area contributed by atoms with Crippen molar-refractivity contribution in [2.45, 2.75) is 12.3 Å². The quantitative estimate of drug-likeness (QED) is 0.860. The Morgan fingerprint density at radius 1 is 1.38 bits per heavy atom. The number of hydrogen-bond donors (Lipinski definition) is 1. The zero-order valence-electron chi connectivity index (χ0n) is 8.51. The number of benzene rings is 1. The average Bonchev–Trinajstić information content (AvgIpc) is 2.89. The lowest BCUT2D eigenvalue weighted by atomic mass is 9.98. The minimum Gasteiger partial charge on any atom is -0.325 e. The zero-order chi connectivity index (χ0) is 11.0. The van der Waals surface area contributed by atoms with E-state index in [9.17, 15) is 4.79 Å². The van der Waals surface area contributed by atoms with Crippen LogP contribution in [-0.2, 0) is 11.2 Å². The minimum atomic E-state index is -0.0812. The van der Waals surface area contributed by atoms with Crippen LogP contribution in [0.4, 0.5) is 5.69 Å². The van der Waals surface area contributed by atoms with Crippen LogP contribution in [0.15, 0.2) is 35.8 Å². The molecule has 3 rings (SSSR count). The van der Waals surface area contributed by atoms with E-state index in [4.69, 9.17) is 0 Å². The van der Waals surface area contributed by atoms with E-state index >= 15 is 0 Å². The molecule has 1 aromatic carbocycles. The van der Waals surface area contributed by atoms with Gasteiger partial charge in [-0.3, -0.25) is 4.79 Å². The lowest BCUT2D eigenvalue weighted by Gasteiger charge is -2.05. The maximum absolute atomic E-state index is 11.8. The molecule has 0 unspecified atom stereocenters. The number of nitrogens with zero attached hydrogens (tertiary/aromatic N) is 1. The van der Waals surface area contributed by atoms with Gasteiger partial charge in [-0.1, -0.05) is 18.2 Å². The summed E-state index contributed by atoms with van der Waals surface area (Å²) in [5.74, 6) is -0.00116. The molecule has 1 aliphatic rings. The van der Waals surface area contributed by atoms with Crippen LogP contribution in [0.25, 0.3) is 0 Å². The van der Waals surface area contributed by atoms with Gasteiger partial charge >= 0.3 is 0 Å². The van der Waals surface area contributed by atoms with E-state index in [-0.39, 0.29) is 11.8 Å². The van der Waals surface area contributed by atoms with E-state index < -0.39 is 0 Å². The maximum atomic E-state index is 11.8. The molecule has 1 aromatic heterocycles. The van der Waals surface area contributed by atoms with E-state index in [2.05, 4.69) is 10.3 Å². The predicted molar refractivity (Wildman–Crippen MR) is 63.6 cm³/mol. The molecule has 0 saturated heterocycles. The monoisotopic (exact) mass is 230 g/mol. The molecule has 2 heterocycles. The first kappa shape index (κ1) is 9.54. The molecule has 1 atom stereocenters. The molecule has 0 bridgehead atoms. The number of aromatic nitrogens is 1. The summed E-state index contributed by atoms with van der Waals surface area (Å²) in [5, 5.41) is 5.85. The van der Waals surface area contributed by atoms with E-state index in [1.54, 1.807) is 17.5 Å². The number of fused-ring (bicyclic) bond motifs is 1. The Morgan fingerprint density at radius 3 is 3.06 bits per heavy atom. The number of rotatable bonds is 2. The van der Waals surface area contributed by atoms with Crippen molar-refractivity contribution in [1.29, 1.82) is 0 Å². The molecular formula is C12H10N2OS. The Bertz CT molecular complexity index is 522. The van der Waals surface area contributed by atoms with E-state index in [1.165, 1.54) is 0 Å². The summed E-state index contributed by atoms with van der Waals surface area (Å²) >= 11 is 1.60. The van der Waals surface area contributed by atoms with Gasteiger partial charge in [-0.05, 0) is 11.6 Å². The number of para-hydroxylation sites is 1. The molecular weight excluding hydrogens is 220 g/mol. The fourth-order valence-electron chi connectivity index (χ4n) is 2.01. The Balaban J connectivity index is 1.93. The van der Waals surface area contributed by atoms with Crippen LogP contribution in [0.5, 0.6) is 0 Å². The van der Waals surface area contributed by atoms with Crippen molar-refractivity contribution in [3.63, 3.8) is 0 Å². The van der Waals surface area contributed by atoms with Crippen molar-refractivity contribution < 1.29 is 4.79 Å². The Morgan fingerprint density at radius 2 is 2.25 bits per heavy atom. The summed E-state index contributed by atoms with van der Waals surface area (Å²) in [6.45, 7) is 0.